The molecule has 0 saturated heterocycles. The summed E-state index contributed by atoms with van der Waals surface area (Å²) >= 11 is 0. The maximum atomic E-state index is 8.58. The Hall–Kier alpha value is -0.590. The predicted molar refractivity (Wildman–Crippen MR) is 62.6 cm³/mol. The minimum absolute atomic E-state index is 0.615. The third-order valence-electron chi connectivity index (χ3n) is 2.82. The lowest BCUT2D eigenvalue weighted by Gasteiger charge is -2.25. The largest absolute Gasteiger partial charge is 0.383 e. The summed E-state index contributed by atoms with van der Waals surface area (Å²) in [5.74, 6) is 0.751. The van der Waals surface area contributed by atoms with Gasteiger partial charge in [-0.05, 0) is 5.92 Å². The molecule has 0 atom stereocenters. The summed E-state index contributed by atoms with van der Waals surface area (Å²) in [5.41, 5.74) is 0. The molecule has 0 fully saturated rings. The molecule has 0 heterocycles. The van der Waals surface area contributed by atoms with Crippen molar-refractivity contribution >= 4 is 0 Å². The van der Waals surface area contributed by atoms with E-state index in [0.29, 0.717) is 6.42 Å². The second kappa shape index (κ2) is 9.95. The highest BCUT2D eigenvalue weighted by Crippen LogP contribution is 2.09. The van der Waals surface area contributed by atoms with Gasteiger partial charge in [0.25, 0.3) is 0 Å². The van der Waals surface area contributed by atoms with Crippen LogP contribution in [-0.4, -0.2) is 38.3 Å². The van der Waals surface area contributed by atoms with Crippen molar-refractivity contribution in [1.82, 2.24) is 4.90 Å². The Balaban J connectivity index is 3.92. The Kier molecular flexibility index (Phi) is 9.55. The van der Waals surface area contributed by atoms with Crippen molar-refractivity contribution in [1.29, 1.82) is 5.26 Å². The molecular formula is C12H24N2O. The number of hydrogen-bond donors (Lipinski definition) is 0. The highest BCUT2D eigenvalue weighted by molar-refractivity contribution is 4.73. The molecule has 0 aliphatic heterocycles. The fourth-order valence-electron chi connectivity index (χ4n) is 1.63. The lowest BCUT2D eigenvalue weighted by atomic mass is 10.0. The lowest BCUT2D eigenvalue weighted by Crippen LogP contribution is -2.33. The van der Waals surface area contributed by atoms with Crippen LogP contribution < -0.4 is 0 Å². The Morgan fingerprint density at radius 1 is 1.27 bits per heavy atom. The first-order chi connectivity index (χ1) is 7.28. The lowest BCUT2D eigenvalue weighted by molar-refractivity contribution is 0.136. The van der Waals surface area contributed by atoms with Crippen LogP contribution in [0.3, 0.4) is 0 Å². The Labute approximate surface area is 94.0 Å². The molecule has 0 aliphatic carbocycles. The van der Waals surface area contributed by atoms with Gasteiger partial charge < -0.3 is 4.74 Å². The molecule has 0 aromatic carbocycles. The first kappa shape index (κ1) is 14.4. The summed E-state index contributed by atoms with van der Waals surface area (Å²) in [5, 5.41) is 8.58. The van der Waals surface area contributed by atoms with Crippen LogP contribution in [-0.2, 0) is 4.74 Å². The zero-order chi connectivity index (χ0) is 11.5. The van der Waals surface area contributed by atoms with E-state index in [1.807, 2.05) is 0 Å². The average molecular weight is 212 g/mol. The second-order valence-corrected chi connectivity index (χ2v) is 3.88. The van der Waals surface area contributed by atoms with Crippen LogP contribution >= 0.6 is 0 Å². The molecular weight excluding hydrogens is 188 g/mol. The minimum Gasteiger partial charge on any atom is -0.383 e. The second-order valence-electron chi connectivity index (χ2n) is 3.88. The SMILES string of the molecule is CCC(CC)CN(CCC#N)CCOC. The van der Waals surface area contributed by atoms with E-state index < -0.39 is 0 Å². The molecule has 0 aromatic rings. The quantitative estimate of drug-likeness (QED) is 0.588. The molecule has 0 aliphatic rings. The number of ether oxygens (including phenoxy) is 1. The molecule has 0 radical (unpaired) electrons. The van der Waals surface area contributed by atoms with Gasteiger partial charge in [0.05, 0.1) is 12.7 Å². The fraction of sp³-hybridized carbons (Fsp3) is 0.917. The molecule has 15 heavy (non-hydrogen) atoms. The summed E-state index contributed by atoms with van der Waals surface area (Å²) < 4.78 is 5.08. The van der Waals surface area contributed by atoms with Crippen molar-refractivity contribution in [2.45, 2.75) is 33.1 Å². The summed E-state index contributed by atoms with van der Waals surface area (Å²) in [6.07, 6.45) is 3.04. The molecule has 3 heteroatoms. The van der Waals surface area contributed by atoms with Crippen LogP contribution in [0.25, 0.3) is 0 Å². The normalized spacial score (nSPS) is 10.9. The molecule has 0 rings (SSSR count). The number of nitriles is 1. The smallest absolute Gasteiger partial charge is 0.0635 e. The molecule has 0 spiro atoms. The summed E-state index contributed by atoms with van der Waals surface area (Å²) in [6.45, 7) is 8.12. The van der Waals surface area contributed by atoms with Gasteiger partial charge in [0.1, 0.15) is 0 Å². The van der Waals surface area contributed by atoms with Gasteiger partial charge in [-0.15, -0.1) is 0 Å². The zero-order valence-corrected chi connectivity index (χ0v) is 10.3. The monoisotopic (exact) mass is 212 g/mol. The van der Waals surface area contributed by atoms with E-state index >= 15 is 0 Å². The van der Waals surface area contributed by atoms with Crippen LogP contribution in [0.4, 0.5) is 0 Å². The highest BCUT2D eigenvalue weighted by Gasteiger charge is 2.10. The number of methoxy groups -OCH3 is 1. The van der Waals surface area contributed by atoms with Crippen LogP contribution in [0.2, 0.25) is 0 Å². The maximum absolute atomic E-state index is 8.58. The summed E-state index contributed by atoms with van der Waals surface area (Å²) in [4.78, 5) is 2.34. The average Bonchev–Trinajstić information content (AvgIpc) is 2.28. The first-order valence-corrected chi connectivity index (χ1v) is 5.86. The van der Waals surface area contributed by atoms with E-state index in [0.717, 1.165) is 32.2 Å². The number of nitrogens with zero attached hydrogens (tertiary/aromatic N) is 2. The van der Waals surface area contributed by atoms with E-state index in [1.54, 1.807) is 7.11 Å². The molecule has 0 amide bonds. The van der Waals surface area contributed by atoms with E-state index in [1.165, 1.54) is 12.8 Å². The van der Waals surface area contributed by atoms with E-state index in [2.05, 4.69) is 24.8 Å². The summed E-state index contributed by atoms with van der Waals surface area (Å²) in [7, 11) is 1.72. The molecule has 0 N–H and O–H groups in total. The Morgan fingerprint density at radius 3 is 2.40 bits per heavy atom. The Bertz CT molecular complexity index is 173. The van der Waals surface area contributed by atoms with Gasteiger partial charge in [-0.3, -0.25) is 4.90 Å². The topological polar surface area (TPSA) is 36.3 Å². The third-order valence-corrected chi connectivity index (χ3v) is 2.82. The van der Waals surface area contributed by atoms with Crippen LogP contribution in [0.15, 0.2) is 0 Å². The van der Waals surface area contributed by atoms with E-state index in [4.69, 9.17) is 10.00 Å². The van der Waals surface area contributed by atoms with Crippen LogP contribution in [0.1, 0.15) is 33.1 Å². The van der Waals surface area contributed by atoms with Gasteiger partial charge in [0.2, 0.25) is 0 Å². The van der Waals surface area contributed by atoms with Gasteiger partial charge in [-0.2, -0.15) is 5.26 Å². The Morgan fingerprint density at radius 2 is 1.93 bits per heavy atom. The van der Waals surface area contributed by atoms with Crippen molar-refractivity contribution in [2.24, 2.45) is 5.92 Å². The molecule has 0 bridgehead atoms. The molecule has 88 valence electrons. The predicted octanol–water partition coefficient (Wildman–Crippen LogP) is 2.28. The molecule has 3 nitrogen and oxygen atoms in total. The van der Waals surface area contributed by atoms with Crippen molar-refractivity contribution in [3.05, 3.63) is 0 Å². The van der Waals surface area contributed by atoms with E-state index in [-0.39, 0.29) is 0 Å². The maximum Gasteiger partial charge on any atom is 0.0635 e. The first-order valence-electron chi connectivity index (χ1n) is 5.86. The van der Waals surface area contributed by atoms with Crippen molar-refractivity contribution < 1.29 is 4.74 Å². The van der Waals surface area contributed by atoms with Gasteiger partial charge >= 0.3 is 0 Å². The molecule has 0 aromatic heterocycles. The standard InChI is InChI=1S/C12H24N2O/c1-4-12(5-2)11-14(8-6-7-13)9-10-15-3/h12H,4-6,8-11H2,1-3H3. The van der Waals surface area contributed by atoms with E-state index in [9.17, 15) is 0 Å². The van der Waals surface area contributed by atoms with Gasteiger partial charge in [0, 0.05) is 33.2 Å². The minimum atomic E-state index is 0.615. The van der Waals surface area contributed by atoms with Crippen LogP contribution in [0.5, 0.6) is 0 Å². The van der Waals surface area contributed by atoms with Crippen molar-refractivity contribution in [3.63, 3.8) is 0 Å². The van der Waals surface area contributed by atoms with Crippen molar-refractivity contribution in [3.8, 4) is 6.07 Å². The number of rotatable bonds is 9. The molecule has 0 unspecified atom stereocenters. The van der Waals surface area contributed by atoms with Gasteiger partial charge in [-0.1, -0.05) is 26.7 Å². The highest BCUT2D eigenvalue weighted by atomic mass is 16.5. The van der Waals surface area contributed by atoms with Gasteiger partial charge in [0.15, 0.2) is 0 Å². The van der Waals surface area contributed by atoms with Gasteiger partial charge in [-0.25, -0.2) is 0 Å². The fourth-order valence-corrected chi connectivity index (χ4v) is 1.63. The number of hydrogen-bond acceptors (Lipinski definition) is 3. The zero-order valence-electron chi connectivity index (χ0n) is 10.3. The van der Waals surface area contributed by atoms with Crippen molar-refractivity contribution in [2.75, 3.05) is 33.4 Å². The van der Waals surface area contributed by atoms with Crippen LogP contribution in [0, 0.1) is 17.2 Å². The third kappa shape index (κ3) is 7.35. The molecule has 0 saturated carbocycles. The summed E-state index contributed by atoms with van der Waals surface area (Å²) in [6, 6.07) is 2.20.